The Morgan fingerprint density at radius 2 is 2.54 bits per heavy atom. The zero-order chi connectivity index (χ0) is 9.10. The number of hydrogen-bond donors (Lipinski definition) is 1. The number of hydrogen-bond acceptors (Lipinski definition) is 3. The first-order valence-corrected chi connectivity index (χ1v) is 4.95. The molecular formula is C9H16N4. The van der Waals surface area contributed by atoms with E-state index in [9.17, 15) is 0 Å². The Kier molecular flexibility index (Phi) is 2.59. The van der Waals surface area contributed by atoms with Crippen molar-refractivity contribution < 1.29 is 0 Å². The highest BCUT2D eigenvalue weighted by atomic mass is 15.4. The average molecular weight is 180 g/mol. The Hall–Kier alpha value is -0.900. The van der Waals surface area contributed by atoms with Gasteiger partial charge in [-0.2, -0.15) is 0 Å². The van der Waals surface area contributed by atoms with E-state index in [0.717, 1.165) is 18.8 Å². The van der Waals surface area contributed by atoms with Gasteiger partial charge in [0.05, 0.1) is 18.4 Å². The highest BCUT2D eigenvalue weighted by molar-refractivity contribution is 4.89. The maximum atomic E-state index is 4.04. The van der Waals surface area contributed by atoms with Gasteiger partial charge in [-0.05, 0) is 26.3 Å². The number of nitrogens with one attached hydrogen (secondary N) is 1. The smallest absolute Gasteiger partial charge is 0.0722 e. The van der Waals surface area contributed by atoms with E-state index >= 15 is 0 Å². The summed E-state index contributed by atoms with van der Waals surface area (Å²) in [5.74, 6) is 0. The number of piperidine rings is 1. The lowest BCUT2D eigenvalue weighted by Crippen LogP contribution is -2.37. The van der Waals surface area contributed by atoms with Crippen LogP contribution in [0.1, 0.15) is 25.0 Å². The first-order chi connectivity index (χ1) is 6.36. The molecule has 2 rings (SSSR count). The Morgan fingerprint density at radius 3 is 3.15 bits per heavy atom. The Balaban J connectivity index is 1.93. The van der Waals surface area contributed by atoms with Crippen LogP contribution in [0.2, 0.25) is 0 Å². The molecule has 1 N–H and O–H groups in total. The topological polar surface area (TPSA) is 42.7 Å². The van der Waals surface area contributed by atoms with Crippen LogP contribution in [-0.4, -0.2) is 27.6 Å². The third-order valence-corrected chi connectivity index (χ3v) is 2.62. The van der Waals surface area contributed by atoms with Crippen molar-refractivity contribution in [2.45, 2.75) is 38.8 Å². The SMILES string of the molecule is Cc1cnnn1CC1CCCCN1. The third kappa shape index (κ3) is 2.06. The van der Waals surface area contributed by atoms with Crippen molar-refractivity contribution in [2.75, 3.05) is 6.54 Å². The van der Waals surface area contributed by atoms with Crippen LogP contribution >= 0.6 is 0 Å². The van der Waals surface area contributed by atoms with E-state index in [1.54, 1.807) is 0 Å². The molecular weight excluding hydrogens is 164 g/mol. The lowest BCUT2D eigenvalue weighted by atomic mass is 10.1. The summed E-state index contributed by atoms with van der Waals surface area (Å²) in [7, 11) is 0. The fraction of sp³-hybridized carbons (Fsp3) is 0.778. The maximum Gasteiger partial charge on any atom is 0.0722 e. The Bertz CT molecular complexity index is 262. The lowest BCUT2D eigenvalue weighted by Gasteiger charge is -2.23. The normalized spacial score (nSPS) is 23.3. The van der Waals surface area contributed by atoms with Crippen molar-refractivity contribution in [1.82, 2.24) is 20.3 Å². The fourth-order valence-corrected chi connectivity index (χ4v) is 1.78. The van der Waals surface area contributed by atoms with Gasteiger partial charge in [-0.1, -0.05) is 11.6 Å². The molecule has 4 heteroatoms. The highest BCUT2D eigenvalue weighted by Crippen LogP contribution is 2.09. The van der Waals surface area contributed by atoms with Crippen LogP contribution in [0, 0.1) is 6.92 Å². The van der Waals surface area contributed by atoms with Crippen molar-refractivity contribution in [2.24, 2.45) is 0 Å². The van der Waals surface area contributed by atoms with Gasteiger partial charge in [-0.25, -0.2) is 4.68 Å². The molecule has 2 heterocycles. The molecule has 0 spiro atoms. The molecule has 0 aromatic carbocycles. The van der Waals surface area contributed by atoms with E-state index in [4.69, 9.17) is 0 Å². The van der Waals surface area contributed by atoms with Crippen LogP contribution in [0.5, 0.6) is 0 Å². The molecule has 1 unspecified atom stereocenters. The molecule has 0 saturated carbocycles. The Labute approximate surface area is 78.3 Å². The summed E-state index contributed by atoms with van der Waals surface area (Å²) in [6.45, 7) is 4.16. The van der Waals surface area contributed by atoms with Gasteiger partial charge in [0.1, 0.15) is 0 Å². The second-order valence-corrected chi connectivity index (χ2v) is 3.70. The van der Waals surface area contributed by atoms with E-state index < -0.39 is 0 Å². The standard InChI is InChI=1S/C9H16N4/c1-8-6-11-12-13(8)7-9-4-2-3-5-10-9/h6,9-10H,2-5,7H2,1H3. The predicted molar refractivity (Wildman–Crippen MR) is 50.4 cm³/mol. The number of aryl methyl sites for hydroxylation is 1. The van der Waals surface area contributed by atoms with Crippen LogP contribution in [0.15, 0.2) is 6.20 Å². The Morgan fingerprint density at radius 1 is 1.62 bits per heavy atom. The van der Waals surface area contributed by atoms with Crippen molar-refractivity contribution in [3.8, 4) is 0 Å². The maximum absolute atomic E-state index is 4.04. The largest absolute Gasteiger partial charge is 0.312 e. The lowest BCUT2D eigenvalue weighted by molar-refractivity contribution is 0.345. The summed E-state index contributed by atoms with van der Waals surface area (Å²) in [5.41, 5.74) is 1.15. The molecule has 1 fully saturated rings. The summed E-state index contributed by atoms with van der Waals surface area (Å²) >= 11 is 0. The van der Waals surface area contributed by atoms with E-state index in [0.29, 0.717) is 6.04 Å². The average Bonchev–Trinajstić information content (AvgIpc) is 2.54. The number of nitrogens with zero attached hydrogens (tertiary/aromatic N) is 3. The molecule has 1 aromatic rings. The molecule has 1 atom stereocenters. The minimum atomic E-state index is 0.592. The van der Waals surface area contributed by atoms with Gasteiger partial charge in [0, 0.05) is 6.04 Å². The molecule has 1 aliphatic heterocycles. The molecule has 13 heavy (non-hydrogen) atoms. The summed E-state index contributed by atoms with van der Waals surface area (Å²) in [6.07, 6.45) is 5.72. The molecule has 1 aliphatic rings. The minimum absolute atomic E-state index is 0.592. The van der Waals surface area contributed by atoms with E-state index in [1.165, 1.54) is 19.3 Å². The quantitative estimate of drug-likeness (QED) is 0.729. The molecule has 0 bridgehead atoms. The molecule has 4 nitrogen and oxygen atoms in total. The van der Waals surface area contributed by atoms with Gasteiger partial charge >= 0.3 is 0 Å². The van der Waals surface area contributed by atoms with E-state index in [1.807, 2.05) is 17.8 Å². The second kappa shape index (κ2) is 3.87. The molecule has 0 amide bonds. The first kappa shape index (κ1) is 8.69. The number of aromatic nitrogens is 3. The molecule has 0 radical (unpaired) electrons. The van der Waals surface area contributed by atoms with Gasteiger partial charge < -0.3 is 5.32 Å². The van der Waals surface area contributed by atoms with Crippen LogP contribution < -0.4 is 5.32 Å². The minimum Gasteiger partial charge on any atom is -0.312 e. The second-order valence-electron chi connectivity index (χ2n) is 3.70. The van der Waals surface area contributed by atoms with Crippen LogP contribution in [0.3, 0.4) is 0 Å². The zero-order valence-electron chi connectivity index (χ0n) is 8.03. The monoisotopic (exact) mass is 180 g/mol. The van der Waals surface area contributed by atoms with Crippen molar-refractivity contribution in [1.29, 1.82) is 0 Å². The van der Waals surface area contributed by atoms with Crippen molar-refractivity contribution >= 4 is 0 Å². The molecule has 72 valence electrons. The highest BCUT2D eigenvalue weighted by Gasteiger charge is 2.13. The zero-order valence-corrected chi connectivity index (χ0v) is 8.03. The van der Waals surface area contributed by atoms with Crippen LogP contribution in [0.4, 0.5) is 0 Å². The van der Waals surface area contributed by atoms with Gasteiger partial charge in [0.15, 0.2) is 0 Å². The van der Waals surface area contributed by atoms with Gasteiger partial charge in [-0.15, -0.1) is 5.10 Å². The van der Waals surface area contributed by atoms with Crippen LogP contribution in [0.25, 0.3) is 0 Å². The summed E-state index contributed by atoms with van der Waals surface area (Å²) in [6, 6.07) is 0.592. The molecule has 0 aliphatic carbocycles. The van der Waals surface area contributed by atoms with Crippen molar-refractivity contribution in [3.05, 3.63) is 11.9 Å². The third-order valence-electron chi connectivity index (χ3n) is 2.62. The van der Waals surface area contributed by atoms with Gasteiger partial charge in [0.25, 0.3) is 0 Å². The number of rotatable bonds is 2. The predicted octanol–water partition coefficient (Wildman–Crippen LogP) is 0.729. The van der Waals surface area contributed by atoms with Crippen molar-refractivity contribution in [3.63, 3.8) is 0 Å². The molecule has 1 aromatic heterocycles. The summed E-state index contributed by atoms with van der Waals surface area (Å²) < 4.78 is 1.98. The van der Waals surface area contributed by atoms with Gasteiger partial charge in [-0.3, -0.25) is 0 Å². The summed E-state index contributed by atoms with van der Waals surface area (Å²) in [5, 5.41) is 11.4. The van der Waals surface area contributed by atoms with Crippen LogP contribution in [-0.2, 0) is 6.54 Å². The van der Waals surface area contributed by atoms with Gasteiger partial charge in [0.2, 0.25) is 0 Å². The van der Waals surface area contributed by atoms with E-state index in [2.05, 4.69) is 15.6 Å². The first-order valence-electron chi connectivity index (χ1n) is 4.95. The molecule has 1 saturated heterocycles. The summed E-state index contributed by atoms with van der Waals surface area (Å²) in [4.78, 5) is 0. The van der Waals surface area contributed by atoms with E-state index in [-0.39, 0.29) is 0 Å². The fourth-order valence-electron chi connectivity index (χ4n) is 1.78.